The number of ether oxygens (including phenoxy) is 1. The summed E-state index contributed by atoms with van der Waals surface area (Å²) in [6, 6.07) is 6.56. The lowest BCUT2D eigenvalue weighted by Gasteiger charge is -2.42. The summed E-state index contributed by atoms with van der Waals surface area (Å²) in [5.74, 6) is -3.81. The molecule has 1 aromatic rings. The van der Waals surface area contributed by atoms with Crippen LogP contribution in [0.2, 0.25) is 0 Å². The number of piperidine rings is 1. The number of carboxylic acids is 1. The molecule has 1 saturated heterocycles. The zero-order valence-electron chi connectivity index (χ0n) is 22.1. The highest BCUT2D eigenvalue weighted by Crippen LogP contribution is 2.36. The van der Waals surface area contributed by atoms with Crippen LogP contribution in [0.5, 0.6) is 0 Å². The van der Waals surface area contributed by atoms with Crippen LogP contribution in [0.3, 0.4) is 0 Å². The van der Waals surface area contributed by atoms with Crippen molar-refractivity contribution in [3.8, 4) is 0 Å². The first-order valence-electron chi connectivity index (χ1n) is 12.3. The molecule has 5 N–H and O–H groups in total. The molecule has 0 saturated carbocycles. The van der Waals surface area contributed by atoms with Crippen molar-refractivity contribution in [1.29, 1.82) is 0 Å². The van der Waals surface area contributed by atoms with Crippen molar-refractivity contribution < 1.29 is 33.8 Å². The number of rotatable bonds is 9. The van der Waals surface area contributed by atoms with Crippen molar-refractivity contribution in [3.63, 3.8) is 0 Å². The van der Waals surface area contributed by atoms with Gasteiger partial charge in [-0.05, 0) is 45.1 Å². The molecule has 0 aromatic heterocycles. The smallest absolute Gasteiger partial charge is 0.410 e. The fraction of sp³-hybridized carbons (Fsp3) is 0.577. The predicted molar refractivity (Wildman–Crippen MR) is 135 cm³/mol. The number of nitrogens with two attached hydrogens (primary N) is 1. The molecule has 1 heterocycles. The molecule has 204 valence electrons. The van der Waals surface area contributed by atoms with Gasteiger partial charge in [-0.2, -0.15) is 0 Å². The number of carbonyl (C=O) groups is 5. The molecule has 1 aliphatic rings. The Hall–Kier alpha value is -3.63. The molecule has 0 unspecified atom stereocenters. The number of carboxylic acid groups (broad SMARTS) is 1. The normalized spacial score (nSPS) is 16.9. The molecule has 11 nitrogen and oxygen atoms in total. The average Bonchev–Trinajstić information content (AvgIpc) is 2.80. The molecule has 2 rings (SSSR count). The van der Waals surface area contributed by atoms with Gasteiger partial charge in [0.2, 0.25) is 17.7 Å². The summed E-state index contributed by atoms with van der Waals surface area (Å²) in [4.78, 5) is 63.7. The number of benzene rings is 1. The second-order valence-corrected chi connectivity index (χ2v) is 10.7. The van der Waals surface area contributed by atoms with Crippen LogP contribution in [-0.2, 0) is 29.3 Å². The van der Waals surface area contributed by atoms with Gasteiger partial charge in [0.1, 0.15) is 17.7 Å². The molecular formula is C26H38N4O7. The summed E-state index contributed by atoms with van der Waals surface area (Å²) in [6.45, 7) is 9.33. The van der Waals surface area contributed by atoms with E-state index in [2.05, 4.69) is 10.6 Å². The van der Waals surface area contributed by atoms with Gasteiger partial charge in [0.05, 0.1) is 11.8 Å². The molecule has 37 heavy (non-hydrogen) atoms. The number of likely N-dealkylation sites (tertiary alicyclic amines) is 1. The van der Waals surface area contributed by atoms with Crippen molar-refractivity contribution >= 4 is 29.8 Å². The highest BCUT2D eigenvalue weighted by molar-refractivity contribution is 5.95. The van der Waals surface area contributed by atoms with E-state index in [4.69, 9.17) is 10.5 Å². The zero-order chi connectivity index (χ0) is 28.0. The first-order valence-corrected chi connectivity index (χ1v) is 12.3. The first kappa shape index (κ1) is 29.6. The highest BCUT2D eigenvalue weighted by Gasteiger charge is 2.45. The molecule has 0 spiro atoms. The minimum absolute atomic E-state index is 0.273. The number of amides is 4. The van der Waals surface area contributed by atoms with Crippen molar-refractivity contribution in [2.45, 2.75) is 77.0 Å². The van der Waals surface area contributed by atoms with Gasteiger partial charge in [-0.3, -0.25) is 14.4 Å². The molecular weight excluding hydrogens is 480 g/mol. The van der Waals surface area contributed by atoms with Crippen LogP contribution < -0.4 is 16.4 Å². The predicted octanol–water partition coefficient (Wildman–Crippen LogP) is 1.54. The Kier molecular flexibility index (Phi) is 9.66. The summed E-state index contributed by atoms with van der Waals surface area (Å²) in [7, 11) is 0. The minimum atomic E-state index is -1.51. The maximum absolute atomic E-state index is 13.8. The number of primary amides is 1. The standard InChI is InChI=1S/C26H38N4O7/c1-16(2)20(21(32)28-18(22(33)34)15-19(27)31)29-23(35)26(17-9-7-6-8-10-17)11-13-30(14-12-26)24(36)37-25(3,4)5/h6-10,16,18,20H,11-15H2,1-5H3,(H2,27,31)(H,28,32)(H,29,35)(H,33,34)/t18-,20-/m1/s1. The van der Waals surface area contributed by atoms with Gasteiger partial charge in [-0.15, -0.1) is 0 Å². The average molecular weight is 519 g/mol. The van der Waals surface area contributed by atoms with E-state index in [-0.39, 0.29) is 19.0 Å². The minimum Gasteiger partial charge on any atom is -0.480 e. The van der Waals surface area contributed by atoms with Crippen LogP contribution >= 0.6 is 0 Å². The monoisotopic (exact) mass is 518 g/mol. The molecule has 0 bridgehead atoms. The molecule has 1 aromatic carbocycles. The molecule has 2 atom stereocenters. The summed E-state index contributed by atoms with van der Waals surface area (Å²) >= 11 is 0. The second kappa shape index (κ2) is 12.1. The van der Waals surface area contributed by atoms with Crippen molar-refractivity contribution in [1.82, 2.24) is 15.5 Å². The first-order chi connectivity index (χ1) is 17.2. The quantitative estimate of drug-likeness (QED) is 0.384. The lowest BCUT2D eigenvalue weighted by Crippen LogP contribution is -2.59. The SMILES string of the molecule is CC(C)[C@@H](NC(=O)C1(c2ccccc2)CCN(C(=O)OC(C)(C)C)CC1)C(=O)N[C@H](CC(N)=O)C(=O)O. The third kappa shape index (κ3) is 7.93. The Morgan fingerprint density at radius 2 is 1.62 bits per heavy atom. The molecule has 1 aliphatic heterocycles. The van der Waals surface area contributed by atoms with Crippen LogP contribution in [0, 0.1) is 5.92 Å². The third-order valence-electron chi connectivity index (χ3n) is 6.29. The van der Waals surface area contributed by atoms with E-state index in [0.717, 1.165) is 5.56 Å². The maximum Gasteiger partial charge on any atom is 0.410 e. The largest absolute Gasteiger partial charge is 0.480 e. The van der Waals surface area contributed by atoms with Crippen LogP contribution in [0.25, 0.3) is 0 Å². The number of nitrogens with one attached hydrogen (secondary N) is 2. The van der Waals surface area contributed by atoms with Crippen LogP contribution in [0.4, 0.5) is 4.79 Å². The number of nitrogens with zero attached hydrogens (tertiary/aromatic N) is 1. The Morgan fingerprint density at radius 3 is 2.08 bits per heavy atom. The fourth-order valence-electron chi connectivity index (χ4n) is 4.28. The van der Waals surface area contributed by atoms with Gasteiger partial charge >= 0.3 is 12.1 Å². The van der Waals surface area contributed by atoms with E-state index < -0.39 is 59.3 Å². The number of carbonyl (C=O) groups excluding carboxylic acids is 4. The van der Waals surface area contributed by atoms with Crippen LogP contribution in [-0.4, -0.2) is 70.6 Å². The molecule has 1 fully saturated rings. The van der Waals surface area contributed by atoms with Crippen molar-refractivity contribution in [2.75, 3.05) is 13.1 Å². The van der Waals surface area contributed by atoms with Crippen LogP contribution in [0.15, 0.2) is 30.3 Å². The van der Waals surface area contributed by atoms with Crippen molar-refractivity contribution in [3.05, 3.63) is 35.9 Å². The second-order valence-electron chi connectivity index (χ2n) is 10.7. The van der Waals surface area contributed by atoms with E-state index in [1.54, 1.807) is 39.5 Å². The van der Waals surface area contributed by atoms with E-state index >= 15 is 0 Å². The van der Waals surface area contributed by atoms with Gasteiger partial charge in [-0.1, -0.05) is 44.2 Å². The van der Waals surface area contributed by atoms with Crippen molar-refractivity contribution in [2.24, 2.45) is 11.7 Å². The number of hydrogen-bond acceptors (Lipinski definition) is 6. The van der Waals surface area contributed by atoms with E-state index in [0.29, 0.717) is 12.8 Å². The topological polar surface area (TPSA) is 168 Å². The third-order valence-corrected chi connectivity index (χ3v) is 6.29. The Morgan fingerprint density at radius 1 is 1.05 bits per heavy atom. The number of aliphatic carboxylic acids is 1. The zero-order valence-corrected chi connectivity index (χ0v) is 22.1. The van der Waals surface area contributed by atoms with E-state index in [1.807, 2.05) is 30.3 Å². The van der Waals surface area contributed by atoms with E-state index in [9.17, 15) is 29.1 Å². The molecule has 0 aliphatic carbocycles. The summed E-state index contributed by atoms with van der Waals surface area (Å²) < 4.78 is 5.48. The summed E-state index contributed by atoms with van der Waals surface area (Å²) in [6.07, 6.45) is -0.431. The number of hydrogen-bond donors (Lipinski definition) is 4. The van der Waals surface area contributed by atoms with Gasteiger partial charge in [0.15, 0.2) is 0 Å². The van der Waals surface area contributed by atoms with Crippen LogP contribution in [0.1, 0.15) is 59.4 Å². The Balaban J connectivity index is 2.27. The van der Waals surface area contributed by atoms with Gasteiger partial charge < -0.3 is 31.1 Å². The van der Waals surface area contributed by atoms with Gasteiger partial charge in [0.25, 0.3) is 0 Å². The fourth-order valence-corrected chi connectivity index (χ4v) is 4.28. The summed E-state index contributed by atoms with van der Waals surface area (Å²) in [5, 5.41) is 14.5. The van der Waals surface area contributed by atoms with Gasteiger partial charge in [-0.25, -0.2) is 9.59 Å². The Bertz CT molecular complexity index is 996. The van der Waals surface area contributed by atoms with E-state index in [1.165, 1.54) is 0 Å². The molecule has 0 radical (unpaired) electrons. The lowest BCUT2D eigenvalue weighted by molar-refractivity contribution is -0.144. The highest BCUT2D eigenvalue weighted by atomic mass is 16.6. The molecule has 4 amide bonds. The summed E-state index contributed by atoms with van der Waals surface area (Å²) in [5.41, 5.74) is 4.18. The van der Waals surface area contributed by atoms with Gasteiger partial charge in [0, 0.05) is 13.1 Å². The molecule has 11 heteroatoms. The Labute approximate surface area is 217 Å². The maximum atomic E-state index is 13.8. The lowest BCUT2D eigenvalue weighted by atomic mass is 9.71.